The van der Waals surface area contributed by atoms with E-state index in [2.05, 4.69) is 28.2 Å². The van der Waals surface area contributed by atoms with Crippen LogP contribution in [0.25, 0.3) is 22.4 Å². The molecule has 154 valence electrons. The lowest BCUT2D eigenvalue weighted by Gasteiger charge is -2.13. The second-order valence-corrected chi connectivity index (χ2v) is 7.36. The van der Waals surface area contributed by atoms with E-state index in [9.17, 15) is 5.26 Å². The molecule has 0 aliphatic rings. The molecule has 0 amide bonds. The van der Waals surface area contributed by atoms with Crippen LogP contribution in [0.1, 0.15) is 17.0 Å². The average Bonchev–Trinajstić information content (AvgIpc) is 3.21. The normalized spacial score (nSPS) is 10.6. The molecule has 6 heteroatoms. The molecule has 2 aromatic carbocycles. The van der Waals surface area contributed by atoms with Crippen LogP contribution in [0.5, 0.6) is 11.6 Å². The Kier molecular flexibility index (Phi) is 5.78. The third kappa shape index (κ3) is 4.63. The number of aryl methyl sites for hydroxylation is 2. The van der Waals surface area contributed by atoms with Crippen molar-refractivity contribution in [2.24, 2.45) is 12.8 Å². The molecule has 6 nitrogen and oxygen atoms in total. The SMILES string of the molecule is Cc1nc(Oc2cc(C#N)ccc2-c2ccc(CCN)cc2)cc(-c2ccn(C)c2)n1. The maximum atomic E-state index is 9.38. The van der Waals surface area contributed by atoms with Crippen LogP contribution in [0.2, 0.25) is 0 Å². The Labute approximate surface area is 181 Å². The number of nitriles is 1. The fourth-order valence-electron chi connectivity index (χ4n) is 3.44. The number of nitrogens with two attached hydrogens (primary N) is 1. The van der Waals surface area contributed by atoms with Crippen LogP contribution >= 0.6 is 0 Å². The molecule has 0 saturated heterocycles. The van der Waals surface area contributed by atoms with Gasteiger partial charge in [0.1, 0.15) is 11.6 Å². The Balaban J connectivity index is 1.72. The largest absolute Gasteiger partial charge is 0.438 e. The first-order chi connectivity index (χ1) is 15.1. The maximum Gasteiger partial charge on any atom is 0.223 e. The second kappa shape index (κ2) is 8.82. The average molecular weight is 409 g/mol. The zero-order valence-corrected chi connectivity index (χ0v) is 17.5. The number of rotatable bonds is 6. The van der Waals surface area contributed by atoms with E-state index in [1.165, 1.54) is 5.56 Å². The fourth-order valence-corrected chi connectivity index (χ4v) is 3.44. The Morgan fingerprint density at radius 1 is 1.03 bits per heavy atom. The summed E-state index contributed by atoms with van der Waals surface area (Å²) >= 11 is 0. The fraction of sp³-hybridized carbons (Fsp3) is 0.160. The van der Waals surface area contributed by atoms with Crippen LogP contribution < -0.4 is 10.5 Å². The summed E-state index contributed by atoms with van der Waals surface area (Å²) in [5.74, 6) is 1.62. The molecule has 2 heterocycles. The van der Waals surface area contributed by atoms with E-state index in [4.69, 9.17) is 10.5 Å². The number of hydrogen-bond acceptors (Lipinski definition) is 5. The predicted molar refractivity (Wildman–Crippen MR) is 121 cm³/mol. The van der Waals surface area contributed by atoms with Crippen molar-refractivity contribution in [3.05, 3.63) is 83.9 Å². The summed E-state index contributed by atoms with van der Waals surface area (Å²) in [6.07, 6.45) is 4.80. The van der Waals surface area contributed by atoms with Crippen molar-refractivity contribution >= 4 is 0 Å². The van der Waals surface area contributed by atoms with Crippen molar-refractivity contribution in [2.45, 2.75) is 13.3 Å². The molecule has 0 atom stereocenters. The van der Waals surface area contributed by atoms with E-state index in [1.54, 1.807) is 12.1 Å². The number of hydrogen-bond donors (Lipinski definition) is 1. The molecule has 0 spiro atoms. The predicted octanol–water partition coefficient (Wildman–Crippen LogP) is 4.62. The summed E-state index contributed by atoms with van der Waals surface area (Å²) in [5.41, 5.74) is 11.0. The molecule has 2 aromatic heterocycles. The molecule has 4 aromatic rings. The van der Waals surface area contributed by atoms with Crippen molar-refractivity contribution in [3.8, 4) is 40.1 Å². The molecule has 0 radical (unpaired) electrons. The van der Waals surface area contributed by atoms with E-state index >= 15 is 0 Å². The first-order valence-corrected chi connectivity index (χ1v) is 10.0. The van der Waals surface area contributed by atoms with Crippen LogP contribution in [0.15, 0.2) is 67.0 Å². The highest BCUT2D eigenvalue weighted by Gasteiger charge is 2.13. The second-order valence-electron chi connectivity index (χ2n) is 7.36. The lowest BCUT2D eigenvalue weighted by atomic mass is 10.0. The van der Waals surface area contributed by atoms with Gasteiger partial charge in [-0.25, -0.2) is 4.98 Å². The number of ether oxygens (including phenoxy) is 1. The van der Waals surface area contributed by atoms with Gasteiger partial charge >= 0.3 is 0 Å². The van der Waals surface area contributed by atoms with Crippen molar-refractivity contribution in [3.63, 3.8) is 0 Å². The minimum Gasteiger partial charge on any atom is -0.438 e. The van der Waals surface area contributed by atoms with Gasteiger partial charge in [0.2, 0.25) is 5.88 Å². The van der Waals surface area contributed by atoms with Gasteiger partial charge in [-0.2, -0.15) is 10.2 Å². The third-order valence-corrected chi connectivity index (χ3v) is 4.97. The summed E-state index contributed by atoms with van der Waals surface area (Å²) in [7, 11) is 1.97. The third-order valence-electron chi connectivity index (χ3n) is 4.97. The first kappa shape index (κ1) is 20.3. The quantitative estimate of drug-likeness (QED) is 0.502. The van der Waals surface area contributed by atoms with Crippen molar-refractivity contribution in [2.75, 3.05) is 6.54 Å². The van der Waals surface area contributed by atoms with Gasteiger partial charge in [-0.3, -0.25) is 0 Å². The van der Waals surface area contributed by atoms with Crippen molar-refractivity contribution < 1.29 is 4.74 Å². The maximum absolute atomic E-state index is 9.38. The highest BCUT2D eigenvalue weighted by Crippen LogP contribution is 2.35. The Hall–Kier alpha value is -3.95. The Morgan fingerprint density at radius 2 is 1.84 bits per heavy atom. The lowest BCUT2D eigenvalue weighted by Crippen LogP contribution is -2.02. The van der Waals surface area contributed by atoms with Crippen LogP contribution in [0, 0.1) is 18.3 Å². The number of aromatic nitrogens is 3. The first-order valence-electron chi connectivity index (χ1n) is 10.0. The van der Waals surface area contributed by atoms with E-state index in [0.717, 1.165) is 28.8 Å². The molecule has 4 rings (SSSR count). The molecule has 0 unspecified atom stereocenters. The van der Waals surface area contributed by atoms with E-state index in [0.29, 0.717) is 29.6 Å². The van der Waals surface area contributed by atoms with E-state index in [-0.39, 0.29) is 0 Å². The number of benzene rings is 2. The molecular weight excluding hydrogens is 386 g/mol. The van der Waals surface area contributed by atoms with Gasteiger partial charge in [0.15, 0.2) is 0 Å². The van der Waals surface area contributed by atoms with E-state index < -0.39 is 0 Å². The topological polar surface area (TPSA) is 89.7 Å². The summed E-state index contributed by atoms with van der Waals surface area (Å²) in [4.78, 5) is 8.99. The standard InChI is InChI=1S/C25H23N5O/c1-17-28-23(21-10-12-30(2)16-21)14-25(29-17)31-24-13-19(15-27)5-8-22(24)20-6-3-18(4-7-20)9-11-26/h3-8,10,12-14,16H,9,11,26H2,1-2H3. The monoisotopic (exact) mass is 409 g/mol. The van der Waals surface area contributed by atoms with Gasteiger partial charge < -0.3 is 15.0 Å². The summed E-state index contributed by atoms with van der Waals surface area (Å²) in [6.45, 7) is 2.45. The van der Waals surface area contributed by atoms with Crippen LogP contribution in [0.4, 0.5) is 0 Å². The summed E-state index contributed by atoms with van der Waals surface area (Å²) < 4.78 is 8.17. The van der Waals surface area contributed by atoms with E-state index in [1.807, 2.05) is 61.3 Å². The molecule has 2 N–H and O–H groups in total. The minimum atomic E-state index is 0.433. The zero-order chi connectivity index (χ0) is 21.8. The zero-order valence-electron chi connectivity index (χ0n) is 17.5. The van der Waals surface area contributed by atoms with Crippen molar-refractivity contribution in [1.82, 2.24) is 14.5 Å². The molecule has 31 heavy (non-hydrogen) atoms. The van der Waals surface area contributed by atoms with Gasteiger partial charge in [-0.05, 0) is 55.3 Å². The van der Waals surface area contributed by atoms with Gasteiger partial charge in [-0.15, -0.1) is 0 Å². The smallest absolute Gasteiger partial charge is 0.223 e. The highest BCUT2D eigenvalue weighted by molar-refractivity contribution is 5.72. The van der Waals surface area contributed by atoms with Crippen LogP contribution in [-0.4, -0.2) is 21.1 Å². The summed E-state index contributed by atoms with van der Waals surface area (Å²) in [5, 5.41) is 9.38. The van der Waals surface area contributed by atoms with Gasteiger partial charge in [0.25, 0.3) is 0 Å². The molecule has 0 bridgehead atoms. The molecular formula is C25H23N5O. The van der Waals surface area contributed by atoms with Crippen molar-refractivity contribution in [1.29, 1.82) is 5.26 Å². The van der Waals surface area contributed by atoms with Crippen LogP contribution in [-0.2, 0) is 13.5 Å². The minimum absolute atomic E-state index is 0.433. The lowest BCUT2D eigenvalue weighted by molar-refractivity contribution is 0.461. The number of nitrogens with zero attached hydrogens (tertiary/aromatic N) is 4. The van der Waals surface area contributed by atoms with Crippen LogP contribution in [0.3, 0.4) is 0 Å². The van der Waals surface area contributed by atoms with Gasteiger partial charge in [0, 0.05) is 36.6 Å². The van der Waals surface area contributed by atoms with Gasteiger partial charge in [0.05, 0.1) is 17.3 Å². The molecule has 0 fully saturated rings. The highest BCUT2D eigenvalue weighted by atomic mass is 16.5. The Morgan fingerprint density at radius 3 is 2.52 bits per heavy atom. The van der Waals surface area contributed by atoms with Gasteiger partial charge in [-0.1, -0.05) is 24.3 Å². The molecule has 0 aliphatic carbocycles. The Bertz CT molecular complexity index is 1250. The molecule has 0 aliphatic heterocycles. The molecule has 0 saturated carbocycles. The summed E-state index contributed by atoms with van der Waals surface area (Å²) in [6, 6.07) is 19.6.